The molecule has 3 aromatic carbocycles. The van der Waals surface area contributed by atoms with Crippen molar-refractivity contribution in [2.24, 2.45) is 5.92 Å². The minimum atomic E-state index is -4.51. The van der Waals surface area contributed by atoms with Crippen molar-refractivity contribution >= 4 is 29.3 Å². The summed E-state index contributed by atoms with van der Waals surface area (Å²) in [5.41, 5.74) is 2.48. The average molecular weight is 526 g/mol. The Balaban J connectivity index is 1.45. The van der Waals surface area contributed by atoms with Crippen molar-refractivity contribution in [3.05, 3.63) is 83.4 Å². The minimum Gasteiger partial charge on any atom is -0.467 e. The van der Waals surface area contributed by atoms with Crippen molar-refractivity contribution in [1.82, 2.24) is 4.90 Å². The van der Waals surface area contributed by atoms with Gasteiger partial charge in [0.1, 0.15) is 6.04 Å². The van der Waals surface area contributed by atoms with Gasteiger partial charge in [-0.05, 0) is 59.0 Å². The van der Waals surface area contributed by atoms with Gasteiger partial charge >= 0.3 is 18.2 Å². The fourth-order valence-electron chi connectivity index (χ4n) is 4.42. The first-order valence-corrected chi connectivity index (χ1v) is 11.9. The Morgan fingerprint density at radius 2 is 1.58 bits per heavy atom. The van der Waals surface area contributed by atoms with Gasteiger partial charge in [0.15, 0.2) is 0 Å². The number of carbonyl (C=O) groups excluding carboxylic acids is 3. The molecule has 0 aliphatic carbocycles. The first-order valence-electron chi connectivity index (χ1n) is 11.9. The molecule has 10 heteroatoms. The molecule has 4 rings (SSSR count). The normalized spacial score (nSPS) is 13.8. The SMILES string of the molecule is COC(=O)[C@H](C(C)C)N1Cc2ccc(-c3ccc(NC(=O)Nc4cccc(C(F)(F)F)c4)cc3)cc2C1=O. The van der Waals surface area contributed by atoms with Crippen molar-refractivity contribution in [2.45, 2.75) is 32.6 Å². The summed E-state index contributed by atoms with van der Waals surface area (Å²) in [6.07, 6.45) is -4.51. The van der Waals surface area contributed by atoms with Crippen LogP contribution in [0.15, 0.2) is 66.7 Å². The summed E-state index contributed by atoms with van der Waals surface area (Å²) in [6.45, 7) is 4.04. The van der Waals surface area contributed by atoms with E-state index in [1.807, 2.05) is 26.0 Å². The Morgan fingerprint density at radius 1 is 0.921 bits per heavy atom. The first kappa shape index (κ1) is 26.7. The molecule has 0 aromatic heterocycles. The molecule has 2 N–H and O–H groups in total. The number of ether oxygens (including phenoxy) is 1. The van der Waals surface area contributed by atoms with Crippen molar-refractivity contribution in [1.29, 1.82) is 0 Å². The zero-order chi connectivity index (χ0) is 27.6. The molecule has 7 nitrogen and oxygen atoms in total. The predicted molar refractivity (Wildman–Crippen MR) is 136 cm³/mol. The van der Waals surface area contributed by atoms with Gasteiger partial charge in [-0.1, -0.05) is 44.2 Å². The van der Waals surface area contributed by atoms with Crippen LogP contribution >= 0.6 is 0 Å². The van der Waals surface area contributed by atoms with Crippen LogP contribution in [0.1, 0.15) is 35.3 Å². The number of hydrogen-bond acceptors (Lipinski definition) is 4. The molecule has 3 aromatic rings. The lowest BCUT2D eigenvalue weighted by Crippen LogP contribution is -2.45. The third-order valence-corrected chi connectivity index (χ3v) is 6.28. The number of nitrogens with zero attached hydrogens (tertiary/aromatic N) is 1. The fourth-order valence-corrected chi connectivity index (χ4v) is 4.42. The van der Waals surface area contributed by atoms with Gasteiger partial charge in [0, 0.05) is 23.5 Å². The molecule has 0 bridgehead atoms. The molecular formula is C28H26F3N3O4. The second-order valence-corrected chi connectivity index (χ2v) is 9.25. The van der Waals surface area contributed by atoms with Crippen LogP contribution < -0.4 is 10.6 Å². The number of alkyl halides is 3. The number of fused-ring (bicyclic) bond motifs is 1. The smallest absolute Gasteiger partial charge is 0.416 e. The molecule has 0 unspecified atom stereocenters. The van der Waals surface area contributed by atoms with Gasteiger partial charge in [0.25, 0.3) is 5.91 Å². The van der Waals surface area contributed by atoms with Gasteiger partial charge in [-0.3, -0.25) is 4.79 Å². The summed E-state index contributed by atoms with van der Waals surface area (Å²) in [5, 5.41) is 4.98. The number of hydrogen-bond donors (Lipinski definition) is 2. The van der Waals surface area contributed by atoms with Gasteiger partial charge in [0.05, 0.1) is 12.7 Å². The molecule has 198 valence electrons. The molecule has 38 heavy (non-hydrogen) atoms. The third-order valence-electron chi connectivity index (χ3n) is 6.28. The third kappa shape index (κ3) is 5.64. The number of carbonyl (C=O) groups is 3. The van der Waals surface area contributed by atoms with Gasteiger partial charge in [-0.15, -0.1) is 0 Å². The van der Waals surface area contributed by atoms with E-state index < -0.39 is 29.8 Å². The largest absolute Gasteiger partial charge is 0.467 e. The van der Waals surface area contributed by atoms with E-state index in [0.29, 0.717) is 17.8 Å². The van der Waals surface area contributed by atoms with E-state index in [4.69, 9.17) is 4.74 Å². The molecule has 0 spiro atoms. The average Bonchev–Trinajstić information content (AvgIpc) is 3.19. The van der Waals surface area contributed by atoms with E-state index in [1.165, 1.54) is 24.1 Å². The standard InChI is InChI=1S/C28H26F3N3O4/c1-16(2)24(26(36)38-3)34-15-19-8-7-18(13-23(19)25(34)35)17-9-11-21(12-10-17)32-27(37)33-22-6-4-5-20(14-22)28(29,30)31/h4-14,16,24H,15H2,1-3H3,(H2,32,33,37)/t24-/m0/s1. The highest BCUT2D eigenvalue weighted by molar-refractivity contribution is 6.02. The number of rotatable bonds is 6. The van der Waals surface area contributed by atoms with Crippen LogP contribution in [0.4, 0.5) is 29.3 Å². The van der Waals surface area contributed by atoms with Crippen molar-refractivity contribution in [3.8, 4) is 11.1 Å². The van der Waals surface area contributed by atoms with Crippen LogP contribution in [0.2, 0.25) is 0 Å². The number of benzene rings is 3. The zero-order valence-electron chi connectivity index (χ0n) is 20.9. The molecular weight excluding hydrogens is 499 g/mol. The lowest BCUT2D eigenvalue weighted by atomic mass is 10.00. The van der Waals surface area contributed by atoms with E-state index in [0.717, 1.165) is 28.8 Å². The van der Waals surface area contributed by atoms with Crippen LogP contribution in [0.3, 0.4) is 0 Å². The molecule has 0 saturated carbocycles. The number of esters is 1. The van der Waals surface area contributed by atoms with Crippen LogP contribution in [0, 0.1) is 5.92 Å². The number of urea groups is 1. The summed E-state index contributed by atoms with van der Waals surface area (Å²) in [7, 11) is 1.30. The van der Waals surface area contributed by atoms with E-state index in [1.54, 1.807) is 30.3 Å². The summed E-state index contributed by atoms with van der Waals surface area (Å²) < 4.78 is 43.6. The molecule has 1 atom stereocenters. The number of nitrogens with one attached hydrogen (secondary N) is 2. The zero-order valence-corrected chi connectivity index (χ0v) is 20.9. The maximum absolute atomic E-state index is 13.1. The summed E-state index contributed by atoms with van der Waals surface area (Å²) in [6, 6.07) is 15.3. The number of anilines is 2. The summed E-state index contributed by atoms with van der Waals surface area (Å²) in [4.78, 5) is 39.3. The highest BCUT2D eigenvalue weighted by Gasteiger charge is 2.38. The Bertz CT molecular complexity index is 1370. The summed E-state index contributed by atoms with van der Waals surface area (Å²) >= 11 is 0. The van der Waals surface area contributed by atoms with Crippen molar-refractivity contribution < 1.29 is 32.3 Å². The molecule has 1 heterocycles. The number of halogens is 3. The molecule has 1 aliphatic rings. The van der Waals surface area contributed by atoms with Crippen LogP contribution in [-0.4, -0.2) is 36.0 Å². The van der Waals surface area contributed by atoms with Crippen LogP contribution in [-0.2, 0) is 22.3 Å². The lowest BCUT2D eigenvalue weighted by Gasteiger charge is -2.28. The van der Waals surface area contributed by atoms with Crippen LogP contribution in [0.5, 0.6) is 0 Å². The second-order valence-electron chi connectivity index (χ2n) is 9.25. The van der Waals surface area contributed by atoms with E-state index in [2.05, 4.69) is 10.6 Å². The van der Waals surface area contributed by atoms with Gasteiger partial charge in [0.2, 0.25) is 0 Å². The molecule has 1 aliphatic heterocycles. The molecule has 0 radical (unpaired) electrons. The topological polar surface area (TPSA) is 87.7 Å². The Morgan fingerprint density at radius 3 is 2.21 bits per heavy atom. The van der Waals surface area contributed by atoms with Gasteiger partial charge in [-0.25, -0.2) is 9.59 Å². The first-order chi connectivity index (χ1) is 18.0. The van der Waals surface area contributed by atoms with Crippen molar-refractivity contribution in [2.75, 3.05) is 17.7 Å². The second kappa shape index (κ2) is 10.6. The maximum Gasteiger partial charge on any atom is 0.416 e. The van der Waals surface area contributed by atoms with Gasteiger partial charge < -0.3 is 20.3 Å². The maximum atomic E-state index is 13.1. The lowest BCUT2D eigenvalue weighted by molar-refractivity contribution is -0.147. The number of methoxy groups -OCH3 is 1. The fraction of sp³-hybridized carbons (Fsp3) is 0.250. The highest BCUT2D eigenvalue weighted by Crippen LogP contribution is 2.32. The van der Waals surface area contributed by atoms with Crippen molar-refractivity contribution in [3.63, 3.8) is 0 Å². The monoisotopic (exact) mass is 525 g/mol. The minimum absolute atomic E-state index is 0.0118. The van der Waals surface area contributed by atoms with E-state index in [9.17, 15) is 27.6 Å². The van der Waals surface area contributed by atoms with Gasteiger partial charge in [-0.2, -0.15) is 13.2 Å². The quantitative estimate of drug-likeness (QED) is 0.377. The number of amides is 3. The predicted octanol–water partition coefficient (Wildman–Crippen LogP) is 6.17. The molecule has 0 saturated heterocycles. The Hall–Kier alpha value is -4.34. The van der Waals surface area contributed by atoms with E-state index >= 15 is 0 Å². The highest BCUT2D eigenvalue weighted by atomic mass is 19.4. The Kier molecular flexibility index (Phi) is 7.43. The van der Waals surface area contributed by atoms with E-state index in [-0.39, 0.29) is 17.5 Å². The Labute approximate surface area is 217 Å². The molecule has 3 amide bonds. The molecule has 0 fully saturated rings. The van der Waals surface area contributed by atoms with Crippen LogP contribution in [0.25, 0.3) is 11.1 Å². The summed E-state index contributed by atoms with van der Waals surface area (Å²) in [5.74, 6) is -0.817.